The van der Waals surface area contributed by atoms with Crippen molar-refractivity contribution in [3.63, 3.8) is 0 Å². The summed E-state index contributed by atoms with van der Waals surface area (Å²) < 4.78 is 10.3. The summed E-state index contributed by atoms with van der Waals surface area (Å²) in [6, 6.07) is 7.19. The van der Waals surface area contributed by atoms with Crippen molar-refractivity contribution in [2.45, 2.75) is 19.3 Å². The predicted octanol–water partition coefficient (Wildman–Crippen LogP) is 2.58. The fourth-order valence-corrected chi connectivity index (χ4v) is 2.16. The molecule has 0 radical (unpaired) electrons. The van der Waals surface area contributed by atoms with Crippen molar-refractivity contribution in [3.05, 3.63) is 23.8 Å². The molecule has 2 rings (SSSR count). The number of nitriles is 1. The van der Waals surface area contributed by atoms with Gasteiger partial charge in [-0.1, -0.05) is 0 Å². The highest BCUT2D eigenvalue weighted by atomic mass is 16.5. The van der Waals surface area contributed by atoms with Gasteiger partial charge in [-0.15, -0.1) is 0 Å². The Morgan fingerprint density at radius 1 is 1.33 bits per heavy atom. The standard InChI is InChI=1S/C14H15NO3/c1-17-10-4-5-11(12(8-10)18-2)13(16)14(9-15)6-3-7-14/h4-5,8H,3,6-7H2,1-2H3. The quantitative estimate of drug-likeness (QED) is 0.765. The van der Waals surface area contributed by atoms with Gasteiger partial charge in [0.2, 0.25) is 0 Å². The molecule has 4 heteroatoms. The first kappa shape index (κ1) is 12.4. The summed E-state index contributed by atoms with van der Waals surface area (Å²) in [6.07, 6.45) is 2.20. The van der Waals surface area contributed by atoms with Crippen molar-refractivity contribution in [2.75, 3.05) is 14.2 Å². The van der Waals surface area contributed by atoms with Gasteiger partial charge in [-0.25, -0.2) is 0 Å². The van der Waals surface area contributed by atoms with E-state index in [-0.39, 0.29) is 5.78 Å². The van der Waals surface area contributed by atoms with Gasteiger partial charge in [0.15, 0.2) is 5.78 Å². The van der Waals surface area contributed by atoms with Crippen LogP contribution >= 0.6 is 0 Å². The number of rotatable bonds is 4. The van der Waals surface area contributed by atoms with Crippen LogP contribution in [0.2, 0.25) is 0 Å². The minimum absolute atomic E-state index is 0.143. The molecule has 0 amide bonds. The lowest BCUT2D eigenvalue weighted by Crippen LogP contribution is -2.36. The van der Waals surface area contributed by atoms with Gasteiger partial charge >= 0.3 is 0 Å². The molecule has 1 saturated carbocycles. The zero-order valence-corrected chi connectivity index (χ0v) is 10.5. The summed E-state index contributed by atoms with van der Waals surface area (Å²) in [6.45, 7) is 0. The van der Waals surface area contributed by atoms with E-state index < -0.39 is 5.41 Å². The van der Waals surface area contributed by atoms with Crippen molar-refractivity contribution < 1.29 is 14.3 Å². The van der Waals surface area contributed by atoms with E-state index >= 15 is 0 Å². The van der Waals surface area contributed by atoms with Crippen LogP contribution in [0.3, 0.4) is 0 Å². The molecule has 1 aromatic rings. The maximum absolute atomic E-state index is 12.4. The van der Waals surface area contributed by atoms with Crippen LogP contribution in [0.25, 0.3) is 0 Å². The van der Waals surface area contributed by atoms with Gasteiger partial charge in [-0.05, 0) is 31.4 Å². The molecule has 0 spiro atoms. The summed E-state index contributed by atoms with van der Waals surface area (Å²) in [5.41, 5.74) is -0.387. The largest absolute Gasteiger partial charge is 0.497 e. The van der Waals surface area contributed by atoms with E-state index in [0.29, 0.717) is 29.9 Å². The van der Waals surface area contributed by atoms with Crippen LogP contribution in [0, 0.1) is 16.7 Å². The molecule has 1 aromatic carbocycles. The first-order chi connectivity index (χ1) is 8.66. The normalized spacial score (nSPS) is 16.3. The van der Waals surface area contributed by atoms with E-state index in [1.807, 2.05) is 0 Å². The minimum atomic E-state index is -0.845. The molecule has 18 heavy (non-hydrogen) atoms. The topological polar surface area (TPSA) is 59.3 Å². The zero-order chi connectivity index (χ0) is 13.2. The Morgan fingerprint density at radius 3 is 2.50 bits per heavy atom. The lowest BCUT2D eigenvalue weighted by Gasteiger charge is -2.33. The van der Waals surface area contributed by atoms with E-state index in [1.165, 1.54) is 7.11 Å². The molecule has 0 aliphatic heterocycles. The number of methoxy groups -OCH3 is 2. The smallest absolute Gasteiger partial charge is 0.186 e. The van der Waals surface area contributed by atoms with Crippen molar-refractivity contribution in [2.24, 2.45) is 5.41 Å². The van der Waals surface area contributed by atoms with Gasteiger partial charge in [0, 0.05) is 6.07 Å². The molecule has 4 nitrogen and oxygen atoms in total. The summed E-state index contributed by atoms with van der Waals surface area (Å²) in [7, 11) is 3.06. The number of carbonyl (C=O) groups excluding carboxylic acids is 1. The molecule has 0 atom stereocenters. The molecule has 1 fully saturated rings. The van der Waals surface area contributed by atoms with Crippen LogP contribution in [0.1, 0.15) is 29.6 Å². The third kappa shape index (κ3) is 1.82. The monoisotopic (exact) mass is 245 g/mol. The number of ketones is 1. The summed E-state index contributed by atoms with van der Waals surface area (Å²) in [5.74, 6) is 0.944. The van der Waals surface area contributed by atoms with Crippen LogP contribution in [0.5, 0.6) is 11.5 Å². The van der Waals surface area contributed by atoms with Gasteiger partial charge in [0.25, 0.3) is 0 Å². The first-order valence-electron chi connectivity index (χ1n) is 5.85. The number of nitrogens with zero attached hydrogens (tertiary/aromatic N) is 1. The van der Waals surface area contributed by atoms with Crippen LogP contribution in [-0.4, -0.2) is 20.0 Å². The average Bonchev–Trinajstić information content (AvgIpc) is 2.37. The second-order valence-electron chi connectivity index (χ2n) is 4.44. The van der Waals surface area contributed by atoms with Gasteiger partial charge in [0.1, 0.15) is 16.9 Å². The number of hydrogen-bond donors (Lipinski definition) is 0. The lowest BCUT2D eigenvalue weighted by molar-refractivity contribution is 0.0745. The van der Waals surface area contributed by atoms with Crippen LogP contribution in [0.15, 0.2) is 18.2 Å². The molecule has 0 unspecified atom stereocenters. The second kappa shape index (κ2) is 4.69. The maximum atomic E-state index is 12.4. The third-order valence-electron chi connectivity index (χ3n) is 3.51. The Hall–Kier alpha value is -2.02. The van der Waals surface area contributed by atoms with E-state index in [1.54, 1.807) is 25.3 Å². The fraction of sp³-hybridized carbons (Fsp3) is 0.429. The Morgan fingerprint density at radius 2 is 2.06 bits per heavy atom. The molecular weight excluding hydrogens is 230 g/mol. The molecule has 1 aliphatic carbocycles. The summed E-state index contributed by atoms with van der Waals surface area (Å²) >= 11 is 0. The van der Waals surface area contributed by atoms with Gasteiger partial charge in [-0.3, -0.25) is 4.79 Å². The molecule has 0 heterocycles. The highest BCUT2D eigenvalue weighted by Crippen LogP contribution is 2.44. The molecule has 0 N–H and O–H groups in total. The van der Waals surface area contributed by atoms with Gasteiger partial charge < -0.3 is 9.47 Å². The number of ether oxygens (including phenoxy) is 2. The van der Waals surface area contributed by atoms with Crippen molar-refractivity contribution in [3.8, 4) is 17.6 Å². The Bertz CT molecular complexity index is 512. The summed E-state index contributed by atoms with van der Waals surface area (Å²) in [4.78, 5) is 12.4. The third-order valence-corrected chi connectivity index (χ3v) is 3.51. The van der Waals surface area contributed by atoms with Gasteiger partial charge in [-0.2, -0.15) is 5.26 Å². The molecule has 0 aromatic heterocycles. The minimum Gasteiger partial charge on any atom is -0.497 e. The van der Waals surface area contributed by atoms with Crippen LogP contribution < -0.4 is 9.47 Å². The Labute approximate surface area is 106 Å². The van der Waals surface area contributed by atoms with E-state index in [0.717, 1.165) is 6.42 Å². The summed E-state index contributed by atoms with van der Waals surface area (Å²) in [5, 5.41) is 9.20. The fourth-order valence-electron chi connectivity index (χ4n) is 2.16. The highest BCUT2D eigenvalue weighted by molar-refractivity contribution is 6.05. The molecule has 0 bridgehead atoms. The number of benzene rings is 1. The molecular formula is C14H15NO3. The maximum Gasteiger partial charge on any atom is 0.186 e. The molecule has 0 saturated heterocycles. The Balaban J connectivity index is 2.39. The average molecular weight is 245 g/mol. The molecule has 94 valence electrons. The number of carbonyl (C=O) groups is 1. The van der Waals surface area contributed by atoms with Crippen molar-refractivity contribution in [1.29, 1.82) is 5.26 Å². The van der Waals surface area contributed by atoms with Gasteiger partial charge in [0.05, 0.1) is 25.9 Å². The second-order valence-corrected chi connectivity index (χ2v) is 4.44. The van der Waals surface area contributed by atoms with E-state index in [9.17, 15) is 10.1 Å². The van der Waals surface area contributed by atoms with Crippen molar-refractivity contribution >= 4 is 5.78 Å². The number of hydrogen-bond acceptors (Lipinski definition) is 4. The number of Topliss-reactive ketones (excluding diaryl/α,β-unsaturated/α-hetero) is 1. The molecule has 1 aliphatic rings. The highest BCUT2D eigenvalue weighted by Gasteiger charge is 2.45. The van der Waals surface area contributed by atoms with Crippen LogP contribution in [0.4, 0.5) is 0 Å². The SMILES string of the molecule is COc1ccc(C(=O)C2(C#N)CCC2)c(OC)c1. The first-order valence-corrected chi connectivity index (χ1v) is 5.85. The van der Waals surface area contributed by atoms with Crippen molar-refractivity contribution in [1.82, 2.24) is 0 Å². The van der Waals surface area contributed by atoms with E-state index in [4.69, 9.17) is 9.47 Å². The Kier molecular flexibility index (Phi) is 3.24. The zero-order valence-electron chi connectivity index (χ0n) is 10.5. The lowest BCUT2D eigenvalue weighted by atomic mass is 9.65. The van der Waals surface area contributed by atoms with Crippen LogP contribution in [-0.2, 0) is 0 Å². The predicted molar refractivity (Wildman–Crippen MR) is 65.8 cm³/mol. The van der Waals surface area contributed by atoms with E-state index in [2.05, 4.69) is 6.07 Å².